The van der Waals surface area contributed by atoms with Crippen molar-refractivity contribution in [2.24, 2.45) is 0 Å². The summed E-state index contributed by atoms with van der Waals surface area (Å²) in [5.41, 5.74) is 0.0620. The van der Waals surface area contributed by atoms with Crippen LogP contribution in [0.4, 0.5) is 4.79 Å². The lowest BCUT2D eigenvalue weighted by Gasteiger charge is -2.30. The zero-order valence-corrected chi connectivity index (χ0v) is 17.1. The molecule has 1 spiro atoms. The normalized spacial score (nSPS) is 20.0. The Morgan fingerprint density at radius 2 is 1.86 bits per heavy atom. The third-order valence-corrected chi connectivity index (χ3v) is 6.95. The van der Waals surface area contributed by atoms with E-state index < -0.39 is 27.3 Å². The number of benzene rings is 1. The van der Waals surface area contributed by atoms with E-state index in [1.807, 2.05) is 0 Å². The van der Waals surface area contributed by atoms with Crippen molar-refractivity contribution in [3.63, 3.8) is 0 Å². The van der Waals surface area contributed by atoms with Crippen LogP contribution in [0, 0.1) is 0 Å². The quantitative estimate of drug-likeness (QED) is 0.485. The monoisotopic (exact) mass is 423 g/mol. The number of urea groups is 1. The first kappa shape index (κ1) is 21.3. The first-order valence-electron chi connectivity index (χ1n) is 9.47. The molecule has 2 N–H and O–H groups in total. The first-order chi connectivity index (χ1) is 13.8. The van der Waals surface area contributed by atoms with E-state index >= 15 is 0 Å². The Labute approximate surface area is 169 Å². The van der Waals surface area contributed by atoms with Crippen molar-refractivity contribution in [3.8, 4) is 0 Å². The molecule has 10 heteroatoms. The first-order valence-corrected chi connectivity index (χ1v) is 11.3. The molecule has 0 saturated carbocycles. The number of nitrogens with zero attached hydrogens (tertiary/aromatic N) is 1. The van der Waals surface area contributed by atoms with E-state index in [0.29, 0.717) is 24.3 Å². The van der Waals surface area contributed by atoms with Crippen molar-refractivity contribution in [1.82, 2.24) is 15.5 Å². The van der Waals surface area contributed by atoms with Gasteiger partial charge in [0.1, 0.15) is 5.54 Å². The molecule has 158 valence electrons. The Kier molecular flexibility index (Phi) is 6.23. The van der Waals surface area contributed by atoms with Gasteiger partial charge in [-0.3, -0.25) is 14.5 Å². The summed E-state index contributed by atoms with van der Waals surface area (Å²) >= 11 is 0. The maximum atomic E-state index is 12.8. The van der Waals surface area contributed by atoms with E-state index in [0.717, 1.165) is 11.3 Å². The van der Waals surface area contributed by atoms with Crippen molar-refractivity contribution in [3.05, 3.63) is 35.4 Å². The summed E-state index contributed by atoms with van der Waals surface area (Å²) in [5, 5.41) is 5.48. The lowest BCUT2D eigenvalue weighted by Crippen LogP contribution is -2.52. The molecule has 0 aromatic heterocycles. The van der Waals surface area contributed by atoms with Crippen molar-refractivity contribution < 1.29 is 27.5 Å². The number of amides is 4. The van der Waals surface area contributed by atoms with Gasteiger partial charge in [-0.2, -0.15) is 0 Å². The van der Waals surface area contributed by atoms with Crippen LogP contribution in [0.5, 0.6) is 0 Å². The highest BCUT2D eigenvalue weighted by atomic mass is 32.2. The van der Waals surface area contributed by atoms with Crippen LogP contribution in [0.3, 0.4) is 0 Å². The second-order valence-electron chi connectivity index (χ2n) is 7.35. The molecular formula is C19H25N3O6S. The van der Waals surface area contributed by atoms with Crippen LogP contribution in [0.25, 0.3) is 0 Å². The van der Waals surface area contributed by atoms with Crippen LogP contribution in [0.2, 0.25) is 0 Å². The topological polar surface area (TPSA) is 122 Å². The fraction of sp³-hybridized carbons (Fsp3) is 0.526. The number of hydrogen-bond acceptors (Lipinski definition) is 6. The fourth-order valence-electron chi connectivity index (χ4n) is 3.51. The van der Waals surface area contributed by atoms with Gasteiger partial charge < -0.3 is 15.4 Å². The molecule has 2 fully saturated rings. The number of sulfone groups is 1. The lowest BCUT2D eigenvalue weighted by molar-refractivity contribution is -0.132. The van der Waals surface area contributed by atoms with Crippen LogP contribution in [0.15, 0.2) is 24.3 Å². The second-order valence-corrected chi connectivity index (χ2v) is 9.66. The highest BCUT2D eigenvalue weighted by molar-refractivity contribution is 7.91. The molecule has 0 aliphatic carbocycles. The second kappa shape index (κ2) is 8.50. The Balaban J connectivity index is 1.61. The standard InChI is InChI=1S/C19H25N3O6S/c1-28-10-2-9-20-16(23)15-5-3-14(4-6-15)13-22-17(24)19(21-18(22)25)7-11-29(26,27)12-8-19/h3-6H,2,7-13H2,1H3,(H,20,23)(H,21,25). The molecule has 2 aliphatic heterocycles. The summed E-state index contributed by atoms with van der Waals surface area (Å²) in [6, 6.07) is 6.15. The molecule has 0 unspecified atom stereocenters. The number of ether oxygens (including phenoxy) is 1. The summed E-state index contributed by atoms with van der Waals surface area (Å²) in [6.07, 6.45) is 0.909. The molecule has 2 aliphatic rings. The summed E-state index contributed by atoms with van der Waals surface area (Å²) in [4.78, 5) is 38.4. The van der Waals surface area contributed by atoms with Crippen LogP contribution in [-0.2, 0) is 25.9 Å². The van der Waals surface area contributed by atoms with E-state index in [2.05, 4.69) is 10.6 Å². The zero-order valence-electron chi connectivity index (χ0n) is 16.3. The number of carbonyl (C=O) groups is 3. The summed E-state index contributed by atoms with van der Waals surface area (Å²) < 4.78 is 28.3. The average Bonchev–Trinajstić information content (AvgIpc) is 2.93. The molecule has 1 aromatic carbocycles. The van der Waals surface area contributed by atoms with Gasteiger partial charge >= 0.3 is 6.03 Å². The predicted octanol–water partition coefficient (Wildman–Crippen LogP) is 0.452. The van der Waals surface area contributed by atoms with Crippen LogP contribution in [-0.4, -0.2) is 68.5 Å². The van der Waals surface area contributed by atoms with E-state index in [-0.39, 0.29) is 36.8 Å². The van der Waals surface area contributed by atoms with Gasteiger partial charge in [-0.05, 0) is 37.0 Å². The van der Waals surface area contributed by atoms with E-state index in [4.69, 9.17) is 4.74 Å². The Hall–Kier alpha value is -2.46. The fourth-order valence-corrected chi connectivity index (χ4v) is 5.03. The number of methoxy groups -OCH3 is 1. The molecule has 4 amide bonds. The lowest BCUT2D eigenvalue weighted by atomic mass is 9.92. The Bertz CT molecular complexity index is 883. The average molecular weight is 423 g/mol. The Morgan fingerprint density at radius 3 is 2.48 bits per heavy atom. The third-order valence-electron chi connectivity index (χ3n) is 5.29. The van der Waals surface area contributed by atoms with Gasteiger partial charge in [-0.1, -0.05) is 12.1 Å². The number of carbonyl (C=O) groups excluding carboxylic acids is 3. The van der Waals surface area contributed by atoms with Crippen LogP contribution in [0.1, 0.15) is 35.2 Å². The maximum Gasteiger partial charge on any atom is 0.325 e. The minimum Gasteiger partial charge on any atom is -0.385 e. The largest absolute Gasteiger partial charge is 0.385 e. The molecule has 2 saturated heterocycles. The van der Waals surface area contributed by atoms with Gasteiger partial charge in [-0.25, -0.2) is 13.2 Å². The molecular weight excluding hydrogens is 398 g/mol. The van der Waals surface area contributed by atoms with E-state index in [9.17, 15) is 22.8 Å². The van der Waals surface area contributed by atoms with Gasteiger partial charge in [0.2, 0.25) is 0 Å². The summed E-state index contributed by atoms with van der Waals surface area (Å²) in [6.45, 7) is 1.14. The van der Waals surface area contributed by atoms with Crippen molar-refractivity contribution in [1.29, 1.82) is 0 Å². The molecule has 2 heterocycles. The number of rotatable bonds is 7. The van der Waals surface area contributed by atoms with Gasteiger partial charge in [0.05, 0.1) is 18.1 Å². The molecule has 29 heavy (non-hydrogen) atoms. The molecule has 0 atom stereocenters. The minimum atomic E-state index is -3.15. The van der Waals surface area contributed by atoms with E-state index in [1.54, 1.807) is 31.4 Å². The van der Waals surface area contributed by atoms with Gasteiger partial charge in [-0.15, -0.1) is 0 Å². The van der Waals surface area contributed by atoms with Gasteiger partial charge in [0, 0.05) is 25.8 Å². The molecule has 1 aromatic rings. The van der Waals surface area contributed by atoms with Crippen LogP contribution < -0.4 is 10.6 Å². The van der Waals surface area contributed by atoms with Crippen LogP contribution >= 0.6 is 0 Å². The number of imide groups is 1. The van der Waals surface area contributed by atoms with Gasteiger partial charge in [0.15, 0.2) is 9.84 Å². The third kappa shape index (κ3) is 4.76. The maximum absolute atomic E-state index is 12.8. The molecule has 9 nitrogen and oxygen atoms in total. The predicted molar refractivity (Wildman–Crippen MR) is 105 cm³/mol. The highest BCUT2D eigenvalue weighted by Gasteiger charge is 2.53. The molecule has 0 bridgehead atoms. The summed E-state index contributed by atoms with van der Waals surface area (Å²) in [7, 11) is -1.55. The Morgan fingerprint density at radius 1 is 1.21 bits per heavy atom. The van der Waals surface area contributed by atoms with Crippen molar-refractivity contribution >= 4 is 27.7 Å². The SMILES string of the molecule is COCCCNC(=O)c1ccc(CN2C(=O)NC3(CCS(=O)(=O)CC3)C2=O)cc1. The molecule has 0 radical (unpaired) electrons. The molecule has 3 rings (SSSR count). The minimum absolute atomic E-state index is 0.0644. The van der Waals surface area contributed by atoms with Gasteiger partial charge in [0.25, 0.3) is 11.8 Å². The number of nitrogens with one attached hydrogen (secondary N) is 2. The van der Waals surface area contributed by atoms with E-state index in [1.165, 1.54) is 0 Å². The smallest absolute Gasteiger partial charge is 0.325 e. The zero-order chi connectivity index (χ0) is 21.1. The number of hydrogen-bond donors (Lipinski definition) is 2. The summed E-state index contributed by atoms with van der Waals surface area (Å²) in [5.74, 6) is -0.815. The van der Waals surface area contributed by atoms with Crippen molar-refractivity contribution in [2.75, 3.05) is 31.8 Å². The van der Waals surface area contributed by atoms with Crippen molar-refractivity contribution in [2.45, 2.75) is 31.3 Å². The highest BCUT2D eigenvalue weighted by Crippen LogP contribution is 2.31.